The van der Waals surface area contributed by atoms with Gasteiger partial charge in [-0.25, -0.2) is 4.79 Å². The van der Waals surface area contributed by atoms with Crippen LogP contribution in [-0.4, -0.2) is 29.0 Å². The summed E-state index contributed by atoms with van der Waals surface area (Å²) in [6, 6.07) is 7.82. The van der Waals surface area contributed by atoms with Crippen LogP contribution in [0.15, 0.2) is 41.3 Å². The van der Waals surface area contributed by atoms with Gasteiger partial charge in [0, 0.05) is 28.7 Å². The predicted octanol–water partition coefficient (Wildman–Crippen LogP) is 3.78. The number of thioether (sulfide) groups is 1. The highest BCUT2D eigenvalue weighted by atomic mass is 32.2. The molecule has 1 saturated carbocycles. The molecule has 0 spiro atoms. The van der Waals surface area contributed by atoms with Gasteiger partial charge in [-0.15, -0.1) is 11.8 Å². The number of amides is 2. The highest BCUT2D eigenvalue weighted by Gasteiger charge is 2.21. The van der Waals surface area contributed by atoms with E-state index in [1.165, 1.54) is 25.7 Å². The summed E-state index contributed by atoms with van der Waals surface area (Å²) in [6.07, 6.45) is 9.85. The second-order valence-electron chi connectivity index (χ2n) is 6.29. The largest absolute Gasteiger partial charge is 0.396 e. The van der Waals surface area contributed by atoms with Gasteiger partial charge in [-0.1, -0.05) is 37.1 Å². The minimum atomic E-state index is -0.183. The van der Waals surface area contributed by atoms with Gasteiger partial charge in [0.1, 0.15) is 0 Å². The molecular weight excluding hydrogens is 308 g/mol. The average Bonchev–Trinajstić information content (AvgIpc) is 3.21. The van der Waals surface area contributed by atoms with E-state index in [2.05, 4.69) is 16.7 Å². The van der Waals surface area contributed by atoms with E-state index in [4.69, 9.17) is 5.11 Å². The van der Waals surface area contributed by atoms with Gasteiger partial charge in [0.25, 0.3) is 0 Å². The molecule has 23 heavy (non-hydrogen) atoms. The van der Waals surface area contributed by atoms with Gasteiger partial charge in [0.05, 0.1) is 5.69 Å². The Bertz CT molecular complexity index is 570. The zero-order chi connectivity index (χ0) is 16.1. The van der Waals surface area contributed by atoms with Crippen LogP contribution in [0.5, 0.6) is 0 Å². The summed E-state index contributed by atoms with van der Waals surface area (Å²) in [4.78, 5) is 13.4. The van der Waals surface area contributed by atoms with Crippen LogP contribution >= 0.6 is 11.8 Å². The SMILES string of the molecule is O=C(Nc1ccccc1SC1CCCC1)N[C@@H]1C=C[C@H](CO)C1. The Morgan fingerprint density at radius 2 is 2.00 bits per heavy atom. The maximum Gasteiger partial charge on any atom is 0.319 e. The summed E-state index contributed by atoms with van der Waals surface area (Å²) >= 11 is 1.88. The van der Waals surface area contributed by atoms with Crippen molar-refractivity contribution in [1.29, 1.82) is 0 Å². The third-order valence-corrected chi connectivity index (χ3v) is 5.87. The Hall–Kier alpha value is -1.46. The summed E-state index contributed by atoms with van der Waals surface area (Å²) in [5.74, 6) is 0.158. The molecule has 124 valence electrons. The van der Waals surface area contributed by atoms with E-state index in [1.807, 2.05) is 42.1 Å². The minimum Gasteiger partial charge on any atom is -0.396 e. The van der Waals surface area contributed by atoms with Crippen LogP contribution in [0.25, 0.3) is 0 Å². The highest BCUT2D eigenvalue weighted by molar-refractivity contribution is 8.00. The van der Waals surface area contributed by atoms with E-state index in [-0.39, 0.29) is 24.6 Å². The molecule has 3 N–H and O–H groups in total. The molecule has 0 aromatic heterocycles. The number of rotatable bonds is 5. The quantitative estimate of drug-likeness (QED) is 0.719. The van der Waals surface area contributed by atoms with Gasteiger partial charge in [0.15, 0.2) is 0 Å². The van der Waals surface area contributed by atoms with Gasteiger partial charge in [-0.2, -0.15) is 0 Å². The van der Waals surface area contributed by atoms with Crippen LogP contribution in [0.4, 0.5) is 10.5 Å². The zero-order valence-electron chi connectivity index (χ0n) is 13.2. The molecule has 0 unspecified atom stereocenters. The van der Waals surface area contributed by atoms with Crippen molar-refractivity contribution in [2.75, 3.05) is 11.9 Å². The lowest BCUT2D eigenvalue weighted by atomic mass is 10.1. The predicted molar refractivity (Wildman–Crippen MR) is 94.8 cm³/mol. The van der Waals surface area contributed by atoms with Crippen LogP contribution in [0.2, 0.25) is 0 Å². The summed E-state index contributed by atoms with van der Waals surface area (Å²) in [5, 5.41) is 15.7. The number of hydrogen-bond acceptors (Lipinski definition) is 3. The highest BCUT2D eigenvalue weighted by Crippen LogP contribution is 2.37. The van der Waals surface area contributed by atoms with Crippen LogP contribution in [0.1, 0.15) is 32.1 Å². The van der Waals surface area contributed by atoms with Crippen molar-refractivity contribution in [2.24, 2.45) is 5.92 Å². The number of urea groups is 1. The molecule has 0 bridgehead atoms. The number of para-hydroxylation sites is 1. The number of aliphatic hydroxyl groups is 1. The minimum absolute atomic E-state index is 0.00166. The molecule has 1 fully saturated rings. The number of nitrogens with one attached hydrogen (secondary N) is 2. The molecule has 2 atom stereocenters. The number of aliphatic hydroxyl groups excluding tert-OH is 1. The van der Waals surface area contributed by atoms with E-state index in [9.17, 15) is 4.79 Å². The molecule has 0 heterocycles. The van der Waals surface area contributed by atoms with E-state index in [0.717, 1.165) is 17.0 Å². The van der Waals surface area contributed by atoms with Crippen molar-refractivity contribution in [1.82, 2.24) is 5.32 Å². The van der Waals surface area contributed by atoms with Gasteiger partial charge in [-0.3, -0.25) is 0 Å². The topological polar surface area (TPSA) is 61.4 Å². The molecule has 3 rings (SSSR count). The lowest BCUT2D eigenvalue weighted by molar-refractivity contribution is 0.238. The fourth-order valence-corrected chi connectivity index (χ4v) is 4.53. The zero-order valence-corrected chi connectivity index (χ0v) is 14.0. The Kier molecular flexibility index (Phi) is 5.62. The first-order valence-corrected chi connectivity index (χ1v) is 9.25. The number of anilines is 1. The van der Waals surface area contributed by atoms with Gasteiger partial charge in [0.2, 0.25) is 0 Å². The Balaban J connectivity index is 1.56. The normalized spacial score (nSPS) is 24.0. The maximum absolute atomic E-state index is 12.2. The van der Waals surface area contributed by atoms with Crippen molar-refractivity contribution in [3.63, 3.8) is 0 Å². The van der Waals surface area contributed by atoms with Crippen LogP contribution in [0, 0.1) is 5.92 Å². The number of carbonyl (C=O) groups excluding carboxylic acids is 1. The van der Waals surface area contributed by atoms with Crippen molar-refractivity contribution in [2.45, 2.75) is 48.3 Å². The van der Waals surface area contributed by atoms with Gasteiger partial charge in [-0.05, 0) is 31.4 Å². The monoisotopic (exact) mass is 332 g/mol. The third-order valence-electron chi connectivity index (χ3n) is 4.45. The number of hydrogen-bond donors (Lipinski definition) is 3. The molecule has 1 aromatic rings. The Labute approximate surface area is 141 Å². The third kappa shape index (κ3) is 4.52. The molecule has 0 saturated heterocycles. The average molecular weight is 332 g/mol. The standard InChI is InChI=1S/C18H24N2O2S/c21-12-13-9-10-14(11-13)19-18(22)20-16-7-3-4-8-17(16)23-15-5-1-2-6-15/h3-4,7-10,13-15,21H,1-2,5-6,11-12H2,(H2,19,20,22)/t13-,14+/m0/s1. The number of benzene rings is 1. The molecule has 1 aromatic carbocycles. The van der Waals surface area contributed by atoms with E-state index < -0.39 is 0 Å². The van der Waals surface area contributed by atoms with E-state index in [1.54, 1.807) is 0 Å². The maximum atomic E-state index is 12.2. The lowest BCUT2D eigenvalue weighted by Crippen LogP contribution is -2.36. The molecule has 2 amide bonds. The fraction of sp³-hybridized carbons (Fsp3) is 0.500. The van der Waals surface area contributed by atoms with Crippen LogP contribution in [-0.2, 0) is 0 Å². The van der Waals surface area contributed by atoms with Crippen molar-refractivity contribution < 1.29 is 9.90 Å². The number of carbonyl (C=O) groups is 1. The smallest absolute Gasteiger partial charge is 0.319 e. The first-order chi connectivity index (χ1) is 11.2. The second-order valence-corrected chi connectivity index (χ2v) is 7.63. The first kappa shape index (κ1) is 16.4. The summed E-state index contributed by atoms with van der Waals surface area (Å²) in [7, 11) is 0. The summed E-state index contributed by atoms with van der Waals surface area (Å²) in [6.45, 7) is 0.136. The summed E-state index contributed by atoms with van der Waals surface area (Å²) < 4.78 is 0. The fourth-order valence-electron chi connectivity index (χ4n) is 3.20. The second kappa shape index (κ2) is 7.88. The molecule has 2 aliphatic carbocycles. The van der Waals surface area contributed by atoms with Crippen molar-refractivity contribution in [3.05, 3.63) is 36.4 Å². The first-order valence-electron chi connectivity index (χ1n) is 8.37. The molecule has 0 aliphatic heterocycles. The van der Waals surface area contributed by atoms with Crippen molar-refractivity contribution >= 4 is 23.5 Å². The molecule has 5 heteroatoms. The Morgan fingerprint density at radius 1 is 1.22 bits per heavy atom. The molecule has 2 aliphatic rings. The van der Waals surface area contributed by atoms with Gasteiger partial charge >= 0.3 is 6.03 Å². The van der Waals surface area contributed by atoms with Crippen LogP contribution < -0.4 is 10.6 Å². The lowest BCUT2D eigenvalue weighted by Gasteiger charge is -2.16. The molecular formula is C18H24N2O2S. The Morgan fingerprint density at radius 3 is 2.74 bits per heavy atom. The van der Waals surface area contributed by atoms with E-state index in [0.29, 0.717) is 5.25 Å². The van der Waals surface area contributed by atoms with Crippen molar-refractivity contribution in [3.8, 4) is 0 Å². The van der Waals surface area contributed by atoms with E-state index >= 15 is 0 Å². The molecule has 0 radical (unpaired) electrons. The summed E-state index contributed by atoms with van der Waals surface area (Å²) in [5.41, 5.74) is 0.877. The van der Waals surface area contributed by atoms with Crippen LogP contribution in [0.3, 0.4) is 0 Å². The molecule has 4 nitrogen and oxygen atoms in total. The van der Waals surface area contributed by atoms with Gasteiger partial charge < -0.3 is 15.7 Å².